The molecule has 1 aromatic carbocycles. The van der Waals surface area contributed by atoms with E-state index in [2.05, 4.69) is 10.1 Å². The number of amides is 2. The fourth-order valence-corrected chi connectivity index (χ4v) is 1.35. The Labute approximate surface area is 117 Å². The first-order chi connectivity index (χ1) is 9.90. The van der Waals surface area contributed by atoms with E-state index in [9.17, 15) is 23.2 Å². The molecule has 0 spiro atoms. The Kier molecular flexibility index (Phi) is 6.05. The molecule has 1 rings (SSSR count). The van der Waals surface area contributed by atoms with Gasteiger partial charge in [-0.15, -0.1) is 0 Å². The van der Waals surface area contributed by atoms with E-state index in [1.54, 1.807) is 0 Å². The third-order valence-electron chi connectivity index (χ3n) is 2.19. The zero-order valence-corrected chi connectivity index (χ0v) is 10.6. The average Bonchev–Trinajstić information content (AvgIpc) is 2.42. The second-order valence-corrected chi connectivity index (χ2v) is 3.73. The van der Waals surface area contributed by atoms with Crippen molar-refractivity contribution in [2.24, 2.45) is 0 Å². The van der Waals surface area contributed by atoms with Crippen molar-refractivity contribution < 1.29 is 33.0 Å². The summed E-state index contributed by atoms with van der Waals surface area (Å²) in [6.45, 7) is -4.16. The van der Waals surface area contributed by atoms with Crippen molar-refractivity contribution in [3.8, 4) is 5.75 Å². The molecular weight excluding hydrogens is 290 g/mol. The number of carbonyl (C=O) groups excluding carboxylic acids is 2. The van der Waals surface area contributed by atoms with E-state index in [0.717, 1.165) is 0 Å². The van der Waals surface area contributed by atoms with Crippen LogP contribution in [-0.2, 0) is 9.59 Å². The van der Waals surface area contributed by atoms with E-state index in [4.69, 9.17) is 5.11 Å². The molecule has 21 heavy (non-hydrogen) atoms. The molecule has 0 heterocycles. The highest BCUT2D eigenvalue weighted by molar-refractivity contribution is 5.98. The number of rotatable bonds is 7. The highest BCUT2D eigenvalue weighted by atomic mass is 19.3. The van der Waals surface area contributed by atoms with Gasteiger partial charge in [-0.1, -0.05) is 12.1 Å². The number of carboxylic acids is 1. The molecule has 0 aromatic heterocycles. The van der Waals surface area contributed by atoms with Crippen molar-refractivity contribution in [1.82, 2.24) is 10.6 Å². The largest absolute Gasteiger partial charge is 0.480 e. The van der Waals surface area contributed by atoms with Gasteiger partial charge < -0.3 is 20.5 Å². The zero-order valence-electron chi connectivity index (χ0n) is 10.6. The summed E-state index contributed by atoms with van der Waals surface area (Å²) < 4.78 is 28.5. The van der Waals surface area contributed by atoms with Crippen LogP contribution in [0.2, 0.25) is 0 Å². The molecule has 0 aliphatic rings. The molecule has 0 saturated heterocycles. The number of aliphatic carboxylic acids is 1. The van der Waals surface area contributed by atoms with Crippen molar-refractivity contribution in [3.05, 3.63) is 29.8 Å². The number of alkyl halides is 2. The van der Waals surface area contributed by atoms with Gasteiger partial charge in [0.1, 0.15) is 12.3 Å². The summed E-state index contributed by atoms with van der Waals surface area (Å²) in [5, 5.41) is 12.5. The fourth-order valence-electron chi connectivity index (χ4n) is 1.35. The number of hydrogen-bond acceptors (Lipinski definition) is 4. The minimum Gasteiger partial charge on any atom is -0.480 e. The van der Waals surface area contributed by atoms with Gasteiger partial charge in [-0.25, -0.2) is 0 Å². The molecule has 0 aliphatic carbocycles. The number of hydrogen-bond donors (Lipinski definition) is 3. The molecule has 7 nitrogen and oxygen atoms in total. The monoisotopic (exact) mass is 302 g/mol. The third-order valence-corrected chi connectivity index (χ3v) is 2.19. The average molecular weight is 302 g/mol. The SMILES string of the molecule is O=C(O)CNC(=O)CNC(=O)c1ccccc1OC(F)F. The van der Waals surface area contributed by atoms with E-state index in [0.29, 0.717) is 0 Å². The molecule has 0 unspecified atom stereocenters. The Morgan fingerprint density at radius 2 is 1.81 bits per heavy atom. The van der Waals surface area contributed by atoms with Crippen LogP contribution in [0, 0.1) is 0 Å². The van der Waals surface area contributed by atoms with Crippen LogP contribution in [0.15, 0.2) is 24.3 Å². The van der Waals surface area contributed by atoms with Gasteiger partial charge in [0.2, 0.25) is 5.91 Å². The van der Waals surface area contributed by atoms with Gasteiger partial charge in [0, 0.05) is 0 Å². The van der Waals surface area contributed by atoms with Crippen molar-refractivity contribution >= 4 is 17.8 Å². The van der Waals surface area contributed by atoms with Crippen LogP contribution in [0.1, 0.15) is 10.4 Å². The maximum atomic E-state index is 12.2. The number of carbonyl (C=O) groups is 3. The highest BCUT2D eigenvalue weighted by Gasteiger charge is 2.15. The molecule has 3 N–H and O–H groups in total. The summed E-state index contributed by atoms with van der Waals surface area (Å²) in [7, 11) is 0. The number of halogens is 2. The second kappa shape index (κ2) is 7.78. The van der Waals surface area contributed by atoms with E-state index < -0.39 is 37.5 Å². The van der Waals surface area contributed by atoms with Gasteiger partial charge >= 0.3 is 12.6 Å². The smallest absolute Gasteiger partial charge is 0.387 e. The van der Waals surface area contributed by atoms with Crippen LogP contribution in [0.25, 0.3) is 0 Å². The predicted molar refractivity (Wildman–Crippen MR) is 66.1 cm³/mol. The molecule has 0 aliphatic heterocycles. The molecule has 0 bridgehead atoms. The molecule has 9 heteroatoms. The third kappa shape index (κ3) is 5.85. The topological polar surface area (TPSA) is 105 Å². The molecule has 1 aromatic rings. The van der Waals surface area contributed by atoms with Crippen LogP contribution in [0.5, 0.6) is 5.75 Å². The molecule has 0 radical (unpaired) electrons. The first kappa shape index (κ1) is 16.3. The summed E-state index contributed by atoms with van der Waals surface area (Å²) >= 11 is 0. The normalized spacial score (nSPS) is 10.0. The van der Waals surface area contributed by atoms with Crippen LogP contribution < -0.4 is 15.4 Å². The maximum Gasteiger partial charge on any atom is 0.387 e. The van der Waals surface area contributed by atoms with Crippen LogP contribution in [0.3, 0.4) is 0 Å². The van der Waals surface area contributed by atoms with Crippen molar-refractivity contribution in [3.63, 3.8) is 0 Å². The van der Waals surface area contributed by atoms with E-state index in [1.807, 2.05) is 5.32 Å². The second-order valence-electron chi connectivity index (χ2n) is 3.73. The molecule has 2 amide bonds. The Bertz CT molecular complexity index is 536. The molecule has 0 saturated carbocycles. The van der Waals surface area contributed by atoms with Crippen LogP contribution >= 0.6 is 0 Å². The van der Waals surface area contributed by atoms with Crippen molar-refractivity contribution in [2.75, 3.05) is 13.1 Å². The Balaban J connectivity index is 2.59. The Morgan fingerprint density at radius 1 is 1.14 bits per heavy atom. The van der Waals surface area contributed by atoms with E-state index in [1.165, 1.54) is 24.3 Å². The summed E-state index contributed by atoms with van der Waals surface area (Å²) in [6, 6.07) is 5.29. The first-order valence-corrected chi connectivity index (χ1v) is 5.70. The highest BCUT2D eigenvalue weighted by Crippen LogP contribution is 2.19. The first-order valence-electron chi connectivity index (χ1n) is 5.70. The lowest BCUT2D eigenvalue weighted by Gasteiger charge is -2.10. The Morgan fingerprint density at radius 3 is 2.43 bits per heavy atom. The summed E-state index contributed by atoms with van der Waals surface area (Å²) in [5.74, 6) is -3.07. The van der Waals surface area contributed by atoms with Gasteiger partial charge in [-0.05, 0) is 12.1 Å². The molecule has 0 atom stereocenters. The maximum absolute atomic E-state index is 12.2. The number of para-hydroxylation sites is 1. The van der Waals surface area contributed by atoms with Crippen molar-refractivity contribution in [1.29, 1.82) is 0 Å². The quantitative estimate of drug-likeness (QED) is 0.668. The minimum absolute atomic E-state index is 0.163. The van der Waals surface area contributed by atoms with Gasteiger partial charge in [0.15, 0.2) is 0 Å². The van der Waals surface area contributed by atoms with Gasteiger partial charge in [0.25, 0.3) is 5.91 Å². The van der Waals surface area contributed by atoms with E-state index >= 15 is 0 Å². The minimum atomic E-state index is -3.09. The standard InChI is InChI=1S/C12H12F2N2O5/c13-12(14)21-8-4-2-1-3-7(8)11(20)16-5-9(17)15-6-10(18)19/h1-4,12H,5-6H2,(H,15,17)(H,16,20)(H,18,19). The number of benzene rings is 1. The zero-order chi connectivity index (χ0) is 15.8. The van der Waals surface area contributed by atoms with Gasteiger partial charge in [-0.2, -0.15) is 8.78 Å². The van der Waals surface area contributed by atoms with Crippen LogP contribution in [-0.4, -0.2) is 42.6 Å². The predicted octanol–water partition coefficient (Wildman–Crippen LogP) is 0.219. The number of ether oxygens (including phenoxy) is 1. The summed E-state index contributed by atoms with van der Waals surface area (Å²) in [5.41, 5.74) is -0.163. The summed E-state index contributed by atoms with van der Waals surface area (Å²) in [6.07, 6.45) is 0. The van der Waals surface area contributed by atoms with Crippen molar-refractivity contribution in [2.45, 2.75) is 6.61 Å². The Hall–Kier alpha value is -2.71. The molecule has 0 fully saturated rings. The lowest BCUT2D eigenvalue weighted by Crippen LogP contribution is -2.39. The fraction of sp³-hybridized carbons (Fsp3) is 0.250. The van der Waals surface area contributed by atoms with Crippen LogP contribution in [0.4, 0.5) is 8.78 Å². The van der Waals surface area contributed by atoms with Gasteiger partial charge in [-0.3, -0.25) is 14.4 Å². The number of nitrogens with one attached hydrogen (secondary N) is 2. The lowest BCUT2D eigenvalue weighted by molar-refractivity contribution is -0.137. The molecule has 114 valence electrons. The van der Waals surface area contributed by atoms with E-state index in [-0.39, 0.29) is 11.3 Å². The van der Waals surface area contributed by atoms with Gasteiger partial charge in [0.05, 0.1) is 12.1 Å². The summed E-state index contributed by atoms with van der Waals surface area (Å²) in [4.78, 5) is 33.2. The number of carboxylic acid groups (broad SMARTS) is 1. The lowest BCUT2D eigenvalue weighted by atomic mass is 10.2. The molecular formula is C12H12F2N2O5.